The monoisotopic (exact) mass is 371 g/mol. The first-order valence-corrected chi connectivity index (χ1v) is 10.3. The van der Waals surface area contributed by atoms with Crippen molar-refractivity contribution in [1.29, 1.82) is 0 Å². The summed E-state index contributed by atoms with van der Waals surface area (Å²) in [6.07, 6.45) is 7.94. The fourth-order valence-corrected chi connectivity index (χ4v) is 4.18. The van der Waals surface area contributed by atoms with E-state index in [-0.39, 0.29) is 5.91 Å². The molecule has 1 aromatic rings. The lowest BCUT2D eigenvalue weighted by atomic mass is 10.0. The van der Waals surface area contributed by atoms with Gasteiger partial charge in [0.05, 0.1) is 12.8 Å². The van der Waals surface area contributed by atoms with Crippen LogP contribution in [-0.2, 0) is 4.79 Å². The minimum atomic E-state index is 0.275. The van der Waals surface area contributed by atoms with Gasteiger partial charge in [0.2, 0.25) is 5.91 Å². The molecule has 0 unspecified atom stereocenters. The number of nitrogens with zero attached hydrogens (tertiary/aromatic N) is 3. The number of hydrogen-bond donors (Lipinski definition) is 0. The molecule has 5 heteroatoms. The Hall–Kier alpha value is -2.01. The number of rotatable bonds is 6. The molecule has 0 N–H and O–H groups in total. The first kappa shape index (κ1) is 19.7. The van der Waals surface area contributed by atoms with Crippen LogP contribution in [0.2, 0.25) is 0 Å². The van der Waals surface area contributed by atoms with Crippen molar-refractivity contribution in [2.75, 3.05) is 51.3 Å². The summed E-state index contributed by atoms with van der Waals surface area (Å²) in [4.78, 5) is 19.5. The fourth-order valence-electron chi connectivity index (χ4n) is 4.18. The Bertz CT molecular complexity index is 638. The Balaban J connectivity index is 1.53. The number of carbonyl (C=O) groups is 1. The Labute approximate surface area is 163 Å². The number of likely N-dealkylation sites (tertiary alicyclic amines) is 1. The SMILES string of the molecule is CC/C=C/CC(=O)N1CCC[C@@H](N2CCN(c3ccccc3OC)CC2)C1. The van der Waals surface area contributed by atoms with E-state index >= 15 is 0 Å². The van der Waals surface area contributed by atoms with Gasteiger partial charge in [0.1, 0.15) is 5.75 Å². The number of anilines is 1. The van der Waals surface area contributed by atoms with Crippen LogP contribution in [0.4, 0.5) is 5.69 Å². The third kappa shape index (κ3) is 5.04. The number of carbonyl (C=O) groups excluding carboxylic acids is 1. The Morgan fingerprint density at radius 1 is 1.15 bits per heavy atom. The van der Waals surface area contributed by atoms with Crippen LogP contribution in [0.15, 0.2) is 36.4 Å². The third-order valence-electron chi connectivity index (χ3n) is 5.70. The minimum Gasteiger partial charge on any atom is -0.495 e. The number of allylic oxidation sites excluding steroid dienone is 1. The topological polar surface area (TPSA) is 36.0 Å². The van der Waals surface area contributed by atoms with Crippen LogP contribution < -0.4 is 9.64 Å². The molecule has 2 aliphatic heterocycles. The van der Waals surface area contributed by atoms with Gasteiger partial charge in [0.25, 0.3) is 0 Å². The van der Waals surface area contributed by atoms with Gasteiger partial charge < -0.3 is 14.5 Å². The smallest absolute Gasteiger partial charge is 0.226 e. The van der Waals surface area contributed by atoms with E-state index in [9.17, 15) is 4.79 Å². The van der Waals surface area contributed by atoms with Crippen molar-refractivity contribution in [3.63, 3.8) is 0 Å². The lowest BCUT2D eigenvalue weighted by Crippen LogP contribution is -2.55. The summed E-state index contributed by atoms with van der Waals surface area (Å²) in [5, 5.41) is 0. The van der Waals surface area contributed by atoms with Crippen molar-refractivity contribution in [3.05, 3.63) is 36.4 Å². The highest BCUT2D eigenvalue weighted by Gasteiger charge is 2.30. The number of ether oxygens (including phenoxy) is 1. The summed E-state index contributed by atoms with van der Waals surface area (Å²) >= 11 is 0. The van der Waals surface area contributed by atoms with E-state index < -0.39 is 0 Å². The Kier molecular flexibility index (Phi) is 7.16. The van der Waals surface area contributed by atoms with Gasteiger partial charge in [-0.3, -0.25) is 9.69 Å². The van der Waals surface area contributed by atoms with Crippen LogP contribution in [0.3, 0.4) is 0 Å². The van der Waals surface area contributed by atoms with Crippen LogP contribution in [0.5, 0.6) is 5.75 Å². The van der Waals surface area contributed by atoms with Crippen LogP contribution in [0, 0.1) is 0 Å². The third-order valence-corrected chi connectivity index (χ3v) is 5.70. The lowest BCUT2D eigenvalue weighted by Gasteiger charge is -2.44. The first-order chi connectivity index (χ1) is 13.2. The van der Waals surface area contributed by atoms with E-state index in [4.69, 9.17) is 4.74 Å². The van der Waals surface area contributed by atoms with E-state index in [0.29, 0.717) is 12.5 Å². The van der Waals surface area contributed by atoms with E-state index in [2.05, 4.69) is 39.8 Å². The summed E-state index contributed by atoms with van der Waals surface area (Å²) in [6.45, 7) is 7.99. The molecule has 2 fully saturated rings. The average Bonchev–Trinajstić information content (AvgIpc) is 2.74. The van der Waals surface area contributed by atoms with Crippen LogP contribution >= 0.6 is 0 Å². The summed E-state index contributed by atoms with van der Waals surface area (Å²) in [7, 11) is 1.73. The molecule has 148 valence electrons. The number of benzene rings is 1. The van der Waals surface area contributed by atoms with Gasteiger partial charge >= 0.3 is 0 Å². The standard InChI is InChI=1S/C22H33N3O2/c1-3-4-5-12-22(26)25-13-8-9-19(18-25)23-14-16-24(17-15-23)20-10-6-7-11-21(20)27-2/h4-7,10-11,19H,3,8-9,12-18H2,1-2H3/b5-4+/t19-/m1/s1. The van der Waals surface area contributed by atoms with Gasteiger partial charge in [0, 0.05) is 51.7 Å². The molecule has 1 atom stereocenters. The maximum absolute atomic E-state index is 12.4. The number of hydrogen-bond acceptors (Lipinski definition) is 4. The molecule has 0 radical (unpaired) electrons. The number of methoxy groups -OCH3 is 1. The molecule has 5 nitrogen and oxygen atoms in total. The van der Waals surface area contributed by atoms with E-state index in [1.54, 1.807) is 7.11 Å². The molecule has 0 saturated carbocycles. The predicted molar refractivity (Wildman–Crippen MR) is 110 cm³/mol. The molecule has 1 aromatic carbocycles. The lowest BCUT2D eigenvalue weighted by molar-refractivity contribution is -0.132. The van der Waals surface area contributed by atoms with Gasteiger partial charge in [-0.15, -0.1) is 0 Å². The zero-order valence-corrected chi connectivity index (χ0v) is 16.8. The fraction of sp³-hybridized carbons (Fsp3) is 0.591. The van der Waals surface area contributed by atoms with Crippen LogP contribution in [0.25, 0.3) is 0 Å². The molecule has 0 spiro atoms. The second-order valence-electron chi connectivity index (χ2n) is 7.41. The van der Waals surface area contributed by atoms with E-state index in [0.717, 1.165) is 57.9 Å². The van der Waals surface area contributed by atoms with Gasteiger partial charge in [-0.2, -0.15) is 0 Å². The summed E-state index contributed by atoms with van der Waals surface area (Å²) in [5.41, 5.74) is 1.18. The van der Waals surface area contributed by atoms with Crippen LogP contribution in [0.1, 0.15) is 32.6 Å². The van der Waals surface area contributed by atoms with Gasteiger partial charge in [-0.05, 0) is 31.4 Å². The summed E-state index contributed by atoms with van der Waals surface area (Å²) < 4.78 is 5.52. The molecular formula is C22H33N3O2. The molecule has 2 saturated heterocycles. The maximum Gasteiger partial charge on any atom is 0.226 e. The highest BCUT2D eigenvalue weighted by molar-refractivity contribution is 5.77. The maximum atomic E-state index is 12.4. The second-order valence-corrected chi connectivity index (χ2v) is 7.41. The Morgan fingerprint density at radius 3 is 2.67 bits per heavy atom. The van der Waals surface area contributed by atoms with Crippen molar-refractivity contribution in [2.24, 2.45) is 0 Å². The number of piperazine rings is 1. The quantitative estimate of drug-likeness (QED) is 0.720. The van der Waals surface area contributed by atoms with Crippen molar-refractivity contribution >= 4 is 11.6 Å². The van der Waals surface area contributed by atoms with Gasteiger partial charge in [-0.25, -0.2) is 0 Å². The normalized spacial score (nSPS) is 21.6. The molecule has 0 bridgehead atoms. The molecule has 1 amide bonds. The predicted octanol–water partition coefficient (Wildman–Crippen LogP) is 3.16. The molecule has 0 aliphatic carbocycles. The molecule has 2 aliphatic rings. The van der Waals surface area contributed by atoms with Crippen molar-refractivity contribution < 1.29 is 9.53 Å². The van der Waals surface area contributed by atoms with E-state index in [1.807, 2.05) is 18.2 Å². The molecule has 27 heavy (non-hydrogen) atoms. The van der Waals surface area contributed by atoms with E-state index in [1.165, 1.54) is 12.1 Å². The Morgan fingerprint density at radius 2 is 1.93 bits per heavy atom. The molecular weight excluding hydrogens is 338 g/mol. The zero-order chi connectivity index (χ0) is 19.1. The number of piperidine rings is 1. The molecule has 3 rings (SSSR count). The summed E-state index contributed by atoms with van der Waals surface area (Å²) in [6, 6.07) is 8.75. The van der Waals surface area contributed by atoms with Crippen molar-refractivity contribution in [1.82, 2.24) is 9.80 Å². The second kappa shape index (κ2) is 9.79. The van der Waals surface area contributed by atoms with Crippen LogP contribution in [-0.4, -0.2) is 68.1 Å². The minimum absolute atomic E-state index is 0.275. The highest BCUT2D eigenvalue weighted by atomic mass is 16.5. The van der Waals surface area contributed by atoms with Crippen molar-refractivity contribution in [2.45, 2.75) is 38.6 Å². The average molecular weight is 372 g/mol. The number of para-hydroxylation sites is 2. The highest BCUT2D eigenvalue weighted by Crippen LogP contribution is 2.29. The van der Waals surface area contributed by atoms with Gasteiger partial charge in [0.15, 0.2) is 0 Å². The molecule has 2 heterocycles. The zero-order valence-electron chi connectivity index (χ0n) is 16.8. The largest absolute Gasteiger partial charge is 0.495 e. The first-order valence-electron chi connectivity index (χ1n) is 10.3. The molecule has 0 aromatic heterocycles. The summed E-state index contributed by atoms with van der Waals surface area (Å²) in [5.74, 6) is 1.22. The number of amides is 1. The van der Waals surface area contributed by atoms with Crippen molar-refractivity contribution in [3.8, 4) is 5.75 Å². The van der Waals surface area contributed by atoms with Gasteiger partial charge in [-0.1, -0.05) is 31.2 Å².